The van der Waals surface area contributed by atoms with Crippen LogP contribution in [0.5, 0.6) is 0 Å². The van der Waals surface area contributed by atoms with Gasteiger partial charge in [0.05, 0.1) is 0 Å². The molecule has 0 heterocycles. The van der Waals surface area contributed by atoms with Gasteiger partial charge < -0.3 is 14.2 Å². The second kappa shape index (κ2) is 51.5. The summed E-state index contributed by atoms with van der Waals surface area (Å²) in [6, 6.07) is 0. The third-order valence-electron chi connectivity index (χ3n) is 12.2. The Hall–Kier alpha value is -2.11. The second-order valence-electron chi connectivity index (χ2n) is 18.5. The van der Waals surface area contributed by atoms with Gasteiger partial charge in [0.1, 0.15) is 13.2 Å². The zero-order chi connectivity index (χ0) is 45.1. The summed E-state index contributed by atoms with van der Waals surface area (Å²) in [5, 5.41) is 0. The molecule has 1 unspecified atom stereocenters. The number of carbonyl (C=O) groups is 3. The molecule has 6 nitrogen and oxygen atoms in total. The SMILES string of the molecule is CCCC/C=C\C/C=C\CCCCCCCC(=O)OC(COC(=O)CCCCCCC)COC(=O)CCCCCCCCCCCCCCCCCCCCCCCCCCC. The molecule has 1 atom stereocenters. The van der Waals surface area contributed by atoms with Crippen molar-refractivity contribution in [2.45, 2.75) is 303 Å². The molecule has 0 radical (unpaired) electrons. The Morgan fingerprint density at radius 2 is 0.597 bits per heavy atom. The Kier molecular flexibility index (Phi) is 49.8. The lowest BCUT2D eigenvalue weighted by Crippen LogP contribution is -2.30. The molecular weight excluding hydrogens is 769 g/mol. The molecule has 62 heavy (non-hydrogen) atoms. The van der Waals surface area contributed by atoms with E-state index in [1.165, 1.54) is 167 Å². The number of rotatable bonds is 50. The highest BCUT2D eigenvalue weighted by molar-refractivity contribution is 5.71. The van der Waals surface area contributed by atoms with Gasteiger partial charge in [-0.05, 0) is 44.9 Å². The lowest BCUT2D eigenvalue weighted by atomic mass is 10.0. The number of hydrogen-bond acceptors (Lipinski definition) is 6. The fraction of sp³-hybridized carbons (Fsp3) is 0.875. The predicted octanol–water partition coefficient (Wildman–Crippen LogP) is 17.9. The highest BCUT2D eigenvalue weighted by atomic mass is 16.6. The zero-order valence-corrected chi connectivity index (χ0v) is 41.7. The number of ether oxygens (including phenoxy) is 3. The topological polar surface area (TPSA) is 78.9 Å². The Labute approximate surface area is 385 Å². The predicted molar refractivity (Wildman–Crippen MR) is 266 cm³/mol. The molecule has 364 valence electrons. The van der Waals surface area contributed by atoms with Crippen molar-refractivity contribution in [2.75, 3.05) is 13.2 Å². The largest absolute Gasteiger partial charge is 0.462 e. The van der Waals surface area contributed by atoms with E-state index >= 15 is 0 Å². The van der Waals surface area contributed by atoms with Crippen molar-refractivity contribution >= 4 is 17.9 Å². The van der Waals surface area contributed by atoms with E-state index in [0.717, 1.165) is 89.9 Å². The van der Waals surface area contributed by atoms with E-state index in [-0.39, 0.29) is 31.1 Å². The van der Waals surface area contributed by atoms with Gasteiger partial charge in [-0.3, -0.25) is 14.4 Å². The van der Waals surface area contributed by atoms with Crippen LogP contribution in [0.3, 0.4) is 0 Å². The monoisotopic (exact) mass is 873 g/mol. The third kappa shape index (κ3) is 48.9. The smallest absolute Gasteiger partial charge is 0.306 e. The van der Waals surface area contributed by atoms with Gasteiger partial charge >= 0.3 is 17.9 Å². The van der Waals surface area contributed by atoms with Gasteiger partial charge in [-0.15, -0.1) is 0 Å². The van der Waals surface area contributed by atoms with E-state index in [2.05, 4.69) is 45.1 Å². The number of esters is 3. The summed E-state index contributed by atoms with van der Waals surface area (Å²) in [6.07, 6.45) is 59.4. The molecule has 0 N–H and O–H groups in total. The van der Waals surface area contributed by atoms with Crippen LogP contribution in [0.1, 0.15) is 297 Å². The van der Waals surface area contributed by atoms with E-state index in [1.54, 1.807) is 0 Å². The van der Waals surface area contributed by atoms with Crippen molar-refractivity contribution in [1.82, 2.24) is 0 Å². The Bertz CT molecular complexity index is 1000. The van der Waals surface area contributed by atoms with E-state index < -0.39 is 6.10 Å². The van der Waals surface area contributed by atoms with Gasteiger partial charge in [0.15, 0.2) is 6.10 Å². The van der Waals surface area contributed by atoms with Crippen LogP contribution in [-0.2, 0) is 28.6 Å². The van der Waals surface area contributed by atoms with Crippen LogP contribution in [0, 0.1) is 0 Å². The molecule has 0 saturated carbocycles. The highest BCUT2D eigenvalue weighted by Crippen LogP contribution is 2.17. The molecule has 0 aliphatic rings. The molecule has 0 saturated heterocycles. The van der Waals surface area contributed by atoms with Crippen molar-refractivity contribution in [3.8, 4) is 0 Å². The van der Waals surface area contributed by atoms with Crippen molar-refractivity contribution in [2.24, 2.45) is 0 Å². The van der Waals surface area contributed by atoms with Crippen LogP contribution in [0.2, 0.25) is 0 Å². The maximum absolute atomic E-state index is 12.7. The molecule has 0 aromatic rings. The Morgan fingerprint density at radius 1 is 0.323 bits per heavy atom. The normalized spacial score (nSPS) is 12.1. The van der Waals surface area contributed by atoms with Crippen LogP contribution in [0.25, 0.3) is 0 Å². The highest BCUT2D eigenvalue weighted by Gasteiger charge is 2.19. The first-order valence-electron chi connectivity index (χ1n) is 27.3. The number of allylic oxidation sites excluding steroid dienone is 4. The van der Waals surface area contributed by atoms with Crippen LogP contribution >= 0.6 is 0 Å². The maximum atomic E-state index is 12.7. The molecule has 0 aliphatic heterocycles. The molecule has 0 amide bonds. The molecule has 6 heteroatoms. The first-order chi connectivity index (χ1) is 30.5. The average molecular weight is 873 g/mol. The molecule has 0 rings (SSSR count). The summed E-state index contributed by atoms with van der Waals surface area (Å²) in [5.74, 6) is -0.889. The van der Waals surface area contributed by atoms with Gasteiger partial charge in [-0.25, -0.2) is 0 Å². The van der Waals surface area contributed by atoms with Crippen LogP contribution in [-0.4, -0.2) is 37.2 Å². The minimum Gasteiger partial charge on any atom is -0.462 e. The first kappa shape index (κ1) is 59.9. The molecule has 0 aliphatic carbocycles. The fourth-order valence-electron chi connectivity index (χ4n) is 8.05. The summed E-state index contributed by atoms with van der Waals surface area (Å²) in [5.41, 5.74) is 0. The molecular formula is C56H104O6. The van der Waals surface area contributed by atoms with Gasteiger partial charge in [-0.1, -0.05) is 257 Å². The molecule has 0 aromatic heterocycles. The first-order valence-corrected chi connectivity index (χ1v) is 27.3. The van der Waals surface area contributed by atoms with E-state index in [0.29, 0.717) is 19.3 Å². The summed E-state index contributed by atoms with van der Waals surface area (Å²) < 4.78 is 16.7. The lowest BCUT2D eigenvalue weighted by Gasteiger charge is -2.18. The summed E-state index contributed by atoms with van der Waals surface area (Å²) >= 11 is 0. The zero-order valence-electron chi connectivity index (χ0n) is 41.7. The molecule has 0 aromatic carbocycles. The van der Waals surface area contributed by atoms with Gasteiger partial charge in [0.2, 0.25) is 0 Å². The minimum absolute atomic E-state index is 0.0736. The Balaban J connectivity index is 4.01. The van der Waals surface area contributed by atoms with E-state index in [1.807, 2.05) is 0 Å². The quantitative estimate of drug-likeness (QED) is 0.0262. The van der Waals surface area contributed by atoms with Gasteiger partial charge in [0, 0.05) is 19.3 Å². The number of unbranched alkanes of at least 4 members (excludes halogenated alkanes) is 35. The number of hydrogen-bond donors (Lipinski definition) is 0. The summed E-state index contributed by atoms with van der Waals surface area (Å²) in [6.45, 7) is 6.54. The fourth-order valence-corrected chi connectivity index (χ4v) is 8.05. The van der Waals surface area contributed by atoms with Gasteiger partial charge in [-0.2, -0.15) is 0 Å². The van der Waals surface area contributed by atoms with Crippen LogP contribution in [0.15, 0.2) is 24.3 Å². The minimum atomic E-state index is -0.771. The Morgan fingerprint density at radius 3 is 0.935 bits per heavy atom. The van der Waals surface area contributed by atoms with Crippen LogP contribution < -0.4 is 0 Å². The number of carbonyl (C=O) groups excluding carboxylic acids is 3. The lowest BCUT2D eigenvalue weighted by molar-refractivity contribution is -0.167. The second-order valence-corrected chi connectivity index (χ2v) is 18.5. The van der Waals surface area contributed by atoms with Crippen molar-refractivity contribution in [3.05, 3.63) is 24.3 Å². The molecule has 0 bridgehead atoms. The summed E-state index contributed by atoms with van der Waals surface area (Å²) in [4.78, 5) is 37.7. The van der Waals surface area contributed by atoms with Crippen LogP contribution in [0.4, 0.5) is 0 Å². The third-order valence-corrected chi connectivity index (χ3v) is 12.2. The van der Waals surface area contributed by atoms with E-state index in [4.69, 9.17) is 14.2 Å². The maximum Gasteiger partial charge on any atom is 0.306 e. The standard InChI is InChI=1S/C56H104O6/c1-4-7-10-13-15-17-19-21-23-24-25-26-27-28-29-30-31-32-33-35-36-38-40-43-46-49-55(58)61-52-53(51-60-54(57)48-45-42-12-9-6-3)62-56(59)50-47-44-41-39-37-34-22-20-18-16-14-11-8-5-2/h14,16,20,22,53H,4-13,15,17-19,21,23-52H2,1-3H3/b16-14-,22-20-. The average Bonchev–Trinajstić information content (AvgIpc) is 3.27. The molecule has 0 spiro atoms. The van der Waals surface area contributed by atoms with Crippen molar-refractivity contribution in [3.63, 3.8) is 0 Å². The van der Waals surface area contributed by atoms with Crippen molar-refractivity contribution < 1.29 is 28.6 Å². The van der Waals surface area contributed by atoms with E-state index in [9.17, 15) is 14.4 Å². The molecule has 0 fully saturated rings. The summed E-state index contributed by atoms with van der Waals surface area (Å²) in [7, 11) is 0. The van der Waals surface area contributed by atoms with Crippen molar-refractivity contribution in [1.29, 1.82) is 0 Å². The van der Waals surface area contributed by atoms with Gasteiger partial charge in [0.25, 0.3) is 0 Å².